The van der Waals surface area contributed by atoms with E-state index < -0.39 is 0 Å². The number of fused-ring (bicyclic) bond motifs is 6. The van der Waals surface area contributed by atoms with Crippen LogP contribution in [0.5, 0.6) is 0 Å². The number of benzene rings is 20. The molecule has 12 nitrogen and oxygen atoms in total. The fourth-order valence-electron chi connectivity index (χ4n) is 18.9. The van der Waals surface area contributed by atoms with Gasteiger partial charge in [0.15, 0.2) is 46.6 Å². The lowest BCUT2D eigenvalue weighted by Crippen LogP contribution is -2.18. The Kier molecular flexibility index (Phi) is 20.7. The minimum absolute atomic E-state index is 0.593. The van der Waals surface area contributed by atoms with Crippen molar-refractivity contribution < 1.29 is 0 Å². The number of hydrogen-bond acceptors (Lipinski definition) is 12. The zero-order chi connectivity index (χ0) is 89.5. The Balaban J connectivity index is 0.000000111. The van der Waals surface area contributed by atoms with Crippen LogP contribution < -0.4 is 14.7 Å². The van der Waals surface area contributed by atoms with Crippen LogP contribution in [0.2, 0.25) is 0 Å². The van der Waals surface area contributed by atoms with Crippen molar-refractivity contribution in [3.05, 3.63) is 485 Å². The maximum atomic E-state index is 5.12. The second-order valence-electron chi connectivity index (χ2n) is 33.5. The minimum atomic E-state index is 0.593. The Morgan fingerprint density at radius 3 is 0.667 bits per heavy atom. The first-order valence-electron chi connectivity index (χ1n) is 45.3. The second kappa shape index (κ2) is 34.9. The molecule has 0 atom stereocenters. The Morgan fingerprint density at radius 2 is 0.333 bits per heavy atom. The molecule has 20 aromatic carbocycles. The summed E-state index contributed by atoms with van der Waals surface area (Å²) in [6.45, 7) is 0. The van der Waals surface area contributed by atoms with E-state index in [0.29, 0.717) is 52.5 Å². The highest BCUT2D eigenvalue weighted by Gasteiger charge is 2.32. The van der Waals surface area contributed by atoms with E-state index in [1.165, 1.54) is 88.2 Å². The molecular weight excluding hydrogens is 1650 g/mol. The number of para-hydroxylation sites is 3. The van der Waals surface area contributed by atoms with Crippen molar-refractivity contribution in [2.75, 3.05) is 14.7 Å². The molecule has 0 fully saturated rings. The summed E-state index contributed by atoms with van der Waals surface area (Å²) in [6.07, 6.45) is 0. The van der Waals surface area contributed by atoms with Crippen LogP contribution in [0.4, 0.5) is 51.4 Å². The molecule has 0 spiro atoms. The maximum Gasteiger partial charge on any atom is 0.238 e. The average Bonchev–Trinajstić information content (AvgIpc) is 0.736. The van der Waals surface area contributed by atoms with Gasteiger partial charge >= 0.3 is 0 Å². The maximum absolute atomic E-state index is 5.12. The molecule has 0 bridgehead atoms. The third kappa shape index (κ3) is 15.3. The van der Waals surface area contributed by atoms with Crippen LogP contribution >= 0.6 is 0 Å². The second-order valence-corrected chi connectivity index (χ2v) is 33.5. The quantitative estimate of drug-likeness (QED) is 0.103. The molecule has 0 radical (unpaired) electrons. The van der Waals surface area contributed by atoms with Gasteiger partial charge in [0.1, 0.15) is 0 Å². The topological polar surface area (TPSA) is 126 Å². The third-order valence-electron chi connectivity index (χ3n) is 25.4. The predicted molar refractivity (Wildman–Crippen MR) is 553 cm³/mol. The minimum Gasteiger partial charge on any atom is -0.309 e. The van der Waals surface area contributed by atoms with E-state index in [9.17, 15) is 0 Å². The number of aromatic nitrogens is 9. The fourth-order valence-corrected chi connectivity index (χ4v) is 18.9. The Bertz CT molecular complexity index is 8370. The normalized spacial score (nSPS) is 11.8. The van der Waals surface area contributed by atoms with Gasteiger partial charge in [-0.2, -0.15) is 9.97 Å². The molecule has 3 aliphatic rings. The molecule has 23 aromatic rings. The largest absolute Gasteiger partial charge is 0.309 e. The number of rotatable bonds is 14. The predicted octanol–water partition coefficient (Wildman–Crippen LogP) is 31.8. The molecule has 0 saturated heterocycles. The molecule has 632 valence electrons. The zero-order valence-electron chi connectivity index (χ0n) is 73.1. The Labute approximate surface area is 781 Å². The zero-order valence-corrected chi connectivity index (χ0v) is 73.1. The van der Waals surface area contributed by atoms with Gasteiger partial charge in [-0.05, 0) is 139 Å². The molecule has 0 amide bonds. The van der Waals surface area contributed by atoms with E-state index in [1.807, 2.05) is 109 Å². The highest BCUT2D eigenvalue weighted by atomic mass is 15.3. The van der Waals surface area contributed by atoms with Crippen molar-refractivity contribution in [2.24, 2.45) is 0 Å². The van der Waals surface area contributed by atoms with E-state index >= 15 is 0 Å². The Hall–Kier alpha value is -18.4. The summed E-state index contributed by atoms with van der Waals surface area (Å²) in [4.78, 5) is 52.0. The van der Waals surface area contributed by atoms with Crippen LogP contribution in [0.3, 0.4) is 0 Å². The summed E-state index contributed by atoms with van der Waals surface area (Å²) in [5, 5.41) is 7.37. The molecule has 0 aliphatic carbocycles. The van der Waals surface area contributed by atoms with Crippen molar-refractivity contribution >= 4 is 83.8 Å². The van der Waals surface area contributed by atoms with E-state index in [0.717, 1.165) is 101 Å². The lowest BCUT2D eigenvalue weighted by Gasteiger charge is -2.33. The molecule has 0 saturated carbocycles. The molecular formula is C123H80N12. The summed E-state index contributed by atoms with van der Waals surface area (Å²) in [7, 11) is 0. The Morgan fingerprint density at radius 1 is 0.126 bits per heavy atom. The van der Waals surface area contributed by atoms with Crippen LogP contribution in [0.1, 0.15) is 0 Å². The van der Waals surface area contributed by atoms with Crippen LogP contribution in [-0.4, -0.2) is 44.9 Å². The first-order chi connectivity index (χ1) is 66.9. The van der Waals surface area contributed by atoms with Crippen LogP contribution in [-0.2, 0) is 0 Å². The van der Waals surface area contributed by atoms with Gasteiger partial charge < -0.3 is 9.80 Å². The van der Waals surface area contributed by atoms with Gasteiger partial charge in [-0.25, -0.2) is 34.9 Å². The van der Waals surface area contributed by atoms with Crippen molar-refractivity contribution in [1.82, 2.24) is 44.9 Å². The van der Waals surface area contributed by atoms with Gasteiger partial charge in [0, 0.05) is 88.7 Å². The fraction of sp³-hybridized carbons (Fsp3) is 0. The van der Waals surface area contributed by atoms with Gasteiger partial charge in [0.2, 0.25) is 5.95 Å². The number of anilines is 9. The van der Waals surface area contributed by atoms with Crippen LogP contribution in [0.15, 0.2) is 485 Å². The van der Waals surface area contributed by atoms with E-state index in [-0.39, 0.29) is 0 Å². The molecule has 3 aliphatic heterocycles. The summed E-state index contributed by atoms with van der Waals surface area (Å²) < 4.78 is 0. The lowest BCUT2D eigenvalue weighted by atomic mass is 9.91. The molecule has 0 unspecified atom stereocenters. The molecule has 135 heavy (non-hydrogen) atoms. The molecule has 3 aromatic heterocycles. The SMILES string of the molecule is c1ccc(-c2ccc(-c3nc(-c4ccccc4)nc(-c4ccc(N5c6ccccc6-c6cccc7cccc5c67)cc4)n3)cc2)cc1.c1ccc(-c2ccc(-c3nc(-c4ccccc4)nc(-c4cccc(N5c6ccccc6-c6cccc7cccc5c67)c4)n3)cc2)cc1.c1ccc(-c2ccc(-c3nc(-c4ccccc4)nc(N4c5ccccc5-c5cccc6cccc4c56)n3)cc2)cc1. The first kappa shape index (κ1) is 80.0. The van der Waals surface area contributed by atoms with E-state index in [2.05, 4.69) is 391 Å². The molecule has 0 N–H and O–H groups in total. The number of nitrogens with zero attached hydrogens (tertiary/aromatic N) is 12. The average molecular weight is 1730 g/mol. The summed E-state index contributed by atoms with van der Waals surface area (Å²) in [5.41, 5.74) is 30.8. The van der Waals surface area contributed by atoms with Gasteiger partial charge in [-0.3, -0.25) is 4.90 Å². The molecule has 6 heterocycles. The van der Waals surface area contributed by atoms with Gasteiger partial charge in [-0.15, -0.1) is 0 Å². The standard InChI is InChI=1S/2C43H28N4.C37H24N4/c1-3-12-29(13-4-1)30-24-26-33(27-25-30)42-44-41(32-14-5-2-6-15-32)45-43(46-42)34-18-9-19-35(28-34)47-38-22-8-7-20-36(38)37-21-10-16-31-17-11-23-39(47)40(31)37;1-3-11-29(12-4-1)30-21-23-33(24-22-30)42-44-41(32-13-5-2-6-14-32)45-43(46-42)34-25-27-35(28-26-34)47-38-19-8-7-17-36(38)37-18-9-15-31-16-10-20-39(47)40(31)37;1-3-11-25(12-4-1)26-21-23-29(24-22-26)36-38-35(28-13-5-2-6-14-28)39-37(40-36)41-32-19-8-7-17-30(32)31-18-9-15-27-16-10-20-33(41)34(27)31/h2*1-28H;1-24H. The van der Waals surface area contributed by atoms with Crippen molar-refractivity contribution in [2.45, 2.75) is 0 Å². The highest BCUT2D eigenvalue weighted by molar-refractivity contribution is 6.16. The van der Waals surface area contributed by atoms with Gasteiger partial charge in [0.25, 0.3) is 0 Å². The first-order valence-corrected chi connectivity index (χ1v) is 45.3. The van der Waals surface area contributed by atoms with Crippen LogP contribution in [0.25, 0.3) is 190 Å². The molecule has 26 rings (SSSR count). The number of hydrogen-bond donors (Lipinski definition) is 0. The smallest absolute Gasteiger partial charge is 0.238 e. The summed E-state index contributed by atoms with van der Waals surface area (Å²) >= 11 is 0. The third-order valence-corrected chi connectivity index (χ3v) is 25.4. The van der Waals surface area contributed by atoms with Crippen molar-refractivity contribution in [1.29, 1.82) is 0 Å². The van der Waals surface area contributed by atoms with Gasteiger partial charge in [0.05, 0.1) is 34.1 Å². The van der Waals surface area contributed by atoms with E-state index in [4.69, 9.17) is 44.9 Å². The van der Waals surface area contributed by atoms with E-state index in [1.54, 1.807) is 0 Å². The van der Waals surface area contributed by atoms with Gasteiger partial charge in [-0.1, -0.05) is 413 Å². The summed E-state index contributed by atoms with van der Waals surface area (Å²) in [5.74, 6) is 5.71. The van der Waals surface area contributed by atoms with Crippen LogP contribution in [0, 0.1) is 0 Å². The summed E-state index contributed by atoms with van der Waals surface area (Å²) in [6, 6.07) is 169. The highest BCUT2D eigenvalue weighted by Crippen LogP contribution is 2.55. The lowest BCUT2D eigenvalue weighted by molar-refractivity contribution is 1.02. The molecule has 12 heteroatoms. The van der Waals surface area contributed by atoms with Crippen molar-refractivity contribution in [3.8, 4) is 158 Å². The monoisotopic (exact) mass is 1720 g/mol. The van der Waals surface area contributed by atoms with Crippen molar-refractivity contribution in [3.63, 3.8) is 0 Å².